The minimum absolute atomic E-state index is 0.126. The van der Waals surface area contributed by atoms with Gasteiger partial charge in [0.2, 0.25) is 0 Å². The molecule has 6 heterocycles. The Balaban J connectivity index is 0.930. The van der Waals surface area contributed by atoms with Gasteiger partial charge in [-0.2, -0.15) is 0 Å². The number of pyridine rings is 1. The summed E-state index contributed by atoms with van der Waals surface area (Å²) in [6.07, 6.45) is 0. The van der Waals surface area contributed by atoms with Gasteiger partial charge in [-0.15, -0.1) is 0 Å². The molecule has 0 bridgehead atoms. The average molecular weight is 1400 g/mol. The molecule has 0 amide bonds. The summed E-state index contributed by atoms with van der Waals surface area (Å²) in [5.41, 5.74) is 27.1. The smallest absolute Gasteiger partial charge is 0.252 e. The van der Waals surface area contributed by atoms with Gasteiger partial charge in [-0.1, -0.05) is 287 Å². The van der Waals surface area contributed by atoms with E-state index in [1.54, 1.807) is 0 Å². The van der Waals surface area contributed by atoms with Crippen molar-refractivity contribution < 1.29 is 11.3 Å². The molecule has 0 aliphatic carbocycles. The predicted molar refractivity (Wildman–Crippen MR) is 457 cm³/mol. The van der Waals surface area contributed by atoms with Gasteiger partial charge in [0.25, 0.3) is 6.71 Å². The van der Waals surface area contributed by atoms with Crippen LogP contribution in [0.3, 0.4) is 0 Å². The Hall–Kier alpha value is -12.7. The normalized spacial score (nSPS) is 13.6. The molecular formula is C101H80BN5O. The fraction of sp³-hybridized carbons (Fsp3) is 0.119. The lowest BCUT2D eigenvalue weighted by Gasteiger charge is -2.45. The molecule has 0 radical (unpaired) electrons. The lowest BCUT2D eigenvalue weighted by atomic mass is 9.33. The Morgan fingerprint density at radius 1 is 0.333 bits per heavy atom. The topological polar surface area (TPSA) is 42.4 Å². The first-order chi connectivity index (χ1) is 54.5. The Kier molecular flexibility index (Phi) is 13.5. The van der Waals surface area contributed by atoms with Gasteiger partial charge in [-0.3, -0.25) is 4.57 Å². The van der Waals surface area contributed by atoms with Crippen LogP contribution in [0.1, 0.15) is 85.9 Å². The van der Waals surface area contributed by atoms with Gasteiger partial charge in [0, 0.05) is 66.9 Å². The van der Waals surface area contributed by atoms with Gasteiger partial charge >= 0.3 is 0 Å². The molecular weight excluding hydrogens is 1310 g/mol. The predicted octanol–water partition coefficient (Wildman–Crippen LogP) is 25.5. The van der Waals surface area contributed by atoms with Crippen molar-refractivity contribution in [3.8, 4) is 67.3 Å². The SMILES string of the molecule is [2H]c1c([2H])c([2H])c(-c2ccc3c(c2)B2c4cc(-c5cc(-n6c7ccc(C(C)(C)C)cc7c7cc(C(C)(C)C)ccc76)cc(-n6c7ccccc7c7ccc8oc9ccccc9c8c76)n5)ccc4N(c4ccccc4-c4ccccc4)c4cc(-c5cccc(C(C)(C)C)c5)cc(c42)N3c2ccccc2-c2ccccc2)c([2H])c1[2H]. The molecule has 0 spiro atoms. The van der Waals surface area contributed by atoms with Gasteiger partial charge < -0.3 is 18.8 Å². The van der Waals surface area contributed by atoms with Crippen LogP contribution in [0, 0.1) is 0 Å². The molecule has 6 nitrogen and oxygen atoms in total. The van der Waals surface area contributed by atoms with Crippen LogP contribution in [-0.2, 0) is 16.2 Å². The molecule has 518 valence electrons. The van der Waals surface area contributed by atoms with E-state index in [9.17, 15) is 2.74 Å². The zero-order valence-corrected chi connectivity index (χ0v) is 61.9. The third-order valence-corrected chi connectivity index (χ3v) is 22.6. The number of furan rings is 1. The molecule has 4 aromatic heterocycles. The van der Waals surface area contributed by atoms with E-state index >= 15 is 0 Å². The second-order valence-corrected chi connectivity index (χ2v) is 32.3. The molecule has 2 aliphatic rings. The molecule has 2 aliphatic heterocycles. The van der Waals surface area contributed by atoms with E-state index < -0.39 is 24.8 Å². The molecule has 7 heteroatoms. The van der Waals surface area contributed by atoms with E-state index in [1.165, 1.54) is 27.5 Å². The second-order valence-electron chi connectivity index (χ2n) is 32.3. The maximum Gasteiger partial charge on any atom is 0.252 e. The highest BCUT2D eigenvalue weighted by molar-refractivity contribution is 7.00. The lowest BCUT2D eigenvalue weighted by Crippen LogP contribution is -2.61. The van der Waals surface area contributed by atoms with Gasteiger partial charge in [0.05, 0.1) is 57.1 Å². The fourth-order valence-electron chi connectivity index (χ4n) is 17.3. The molecule has 0 saturated heterocycles. The van der Waals surface area contributed by atoms with Crippen molar-refractivity contribution in [3.05, 3.63) is 338 Å². The first kappa shape index (κ1) is 59.5. The van der Waals surface area contributed by atoms with Crippen LogP contribution >= 0.6 is 0 Å². The monoisotopic (exact) mass is 1390 g/mol. The maximum absolute atomic E-state index is 9.63. The van der Waals surface area contributed by atoms with Crippen LogP contribution in [0.15, 0.2) is 326 Å². The molecule has 0 atom stereocenters. The number of para-hydroxylation sites is 4. The van der Waals surface area contributed by atoms with Crippen LogP contribution in [0.2, 0.25) is 0 Å². The summed E-state index contributed by atoms with van der Waals surface area (Å²) in [5, 5.41) is 6.54. The Bertz CT molecular complexity index is 6920. The second kappa shape index (κ2) is 24.4. The molecule has 108 heavy (non-hydrogen) atoms. The molecule has 14 aromatic carbocycles. The molecule has 0 unspecified atom stereocenters. The lowest BCUT2D eigenvalue weighted by molar-refractivity contribution is 0.590. The zero-order chi connectivity index (χ0) is 77.4. The first-order valence-corrected chi connectivity index (χ1v) is 37.5. The molecule has 0 fully saturated rings. The van der Waals surface area contributed by atoms with Crippen LogP contribution in [-0.4, -0.2) is 20.8 Å². The highest BCUT2D eigenvalue weighted by Gasteiger charge is 2.45. The summed E-state index contributed by atoms with van der Waals surface area (Å²) in [7, 11) is 0. The number of rotatable bonds is 9. The van der Waals surface area contributed by atoms with Crippen molar-refractivity contribution >= 4 is 123 Å². The van der Waals surface area contributed by atoms with Crippen molar-refractivity contribution in [3.63, 3.8) is 0 Å². The Morgan fingerprint density at radius 2 is 0.852 bits per heavy atom. The number of anilines is 6. The van der Waals surface area contributed by atoms with Crippen LogP contribution in [0.4, 0.5) is 34.1 Å². The van der Waals surface area contributed by atoms with Crippen LogP contribution in [0.5, 0.6) is 0 Å². The number of benzene rings is 14. The molecule has 0 saturated carbocycles. The third-order valence-electron chi connectivity index (χ3n) is 22.6. The van der Waals surface area contributed by atoms with E-state index in [0.29, 0.717) is 5.56 Å². The number of fused-ring (bicyclic) bond motifs is 14. The summed E-state index contributed by atoms with van der Waals surface area (Å²) in [5.74, 6) is 0.722. The molecule has 0 N–H and O–H groups in total. The quantitative estimate of drug-likeness (QED) is 0.135. The summed E-state index contributed by atoms with van der Waals surface area (Å²) >= 11 is 0. The third kappa shape index (κ3) is 10.4. The highest BCUT2D eigenvalue weighted by Crippen LogP contribution is 2.52. The summed E-state index contributed by atoms with van der Waals surface area (Å²) in [4.78, 5) is 11.0. The number of hydrogen-bond donors (Lipinski definition) is 0. The Morgan fingerprint density at radius 3 is 1.47 bits per heavy atom. The van der Waals surface area contributed by atoms with E-state index in [-0.39, 0.29) is 33.9 Å². The maximum atomic E-state index is 9.63. The van der Waals surface area contributed by atoms with Gasteiger partial charge in [-0.05, 0) is 179 Å². The van der Waals surface area contributed by atoms with E-state index in [0.717, 1.165) is 161 Å². The van der Waals surface area contributed by atoms with Crippen molar-refractivity contribution in [2.75, 3.05) is 9.80 Å². The number of nitrogens with zero attached hydrogens (tertiary/aromatic N) is 5. The standard InChI is InChI=1S/C101H80BN5O/c1-99(2,3)70-35-27-34-66(54-70)69-57-91-97-92(58-69)106(85-41-24-20-37-75(85)65-32-17-12-18-33-65)90-50-45-68(56-82(90)102(97)81-55-67(63-28-13-10-14-29-63)44-49-89(81)105(91)84-40-23-19-36-74(84)64-30-15-11-16-31-64)83-61-73(104-87-51-46-71(100(4,5)6)59-79(87)80-60-72(101(7,8)9)47-52-88(80)104)62-95(103-83)107-86-42-25-21-38-76(86)77-48-53-94-96(98(77)107)78-39-22-26-43-93(78)108-94/h10-62H,1-9H3/i10D,13D,14D,28D,29D. The average Bonchev–Trinajstić information content (AvgIpc) is 1.51. The molecule has 20 rings (SSSR count). The first-order valence-electron chi connectivity index (χ1n) is 40.0. The number of aromatic nitrogens is 3. The summed E-state index contributed by atoms with van der Waals surface area (Å²) in [6, 6.07) is 104. The van der Waals surface area contributed by atoms with Gasteiger partial charge in [0.1, 0.15) is 17.0 Å². The van der Waals surface area contributed by atoms with Crippen molar-refractivity contribution in [1.29, 1.82) is 0 Å². The summed E-state index contributed by atoms with van der Waals surface area (Å²) < 4.78 is 57.9. The van der Waals surface area contributed by atoms with Crippen molar-refractivity contribution in [2.45, 2.75) is 78.6 Å². The van der Waals surface area contributed by atoms with E-state index in [4.69, 9.17) is 13.5 Å². The summed E-state index contributed by atoms with van der Waals surface area (Å²) in [6.45, 7) is 20.0. The zero-order valence-electron chi connectivity index (χ0n) is 66.9. The Labute approximate surface area is 638 Å². The number of hydrogen-bond acceptors (Lipinski definition) is 4. The van der Waals surface area contributed by atoms with Gasteiger partial charge in [-0.25, -0.2) is 4.98 Å². The van der Waals surface area contributed by atoms with E-state index in [2.05, 4.69) is 360 Å². The van der Waals surface area contributed by atoms with Crippen molar-refractivity contribution in [2.24, 2.45) is 0 Å². The minimum Gasteiger partial charge on any atom is -0.456 e. The van der Waals surface area contributed by atoms with Crippen LogP contribution in [0.25, 0.3) is 133 Å². The van der Waals surface area contributed by atoms with Gasteiger partial charge in [0.15, 0.2) is 0 Å². The van der Waals surface area contributed by atoms with E-state index in [1.807, 2.05) is 12.1 Å². The highest BCUT2D eigenvalue weighted by atomic mass is 16.3. The fourth-order valence-corrected chi connectivity index (χ4v) is 17.3. The molecule has 18 aromatic rings. The minimum atomic E-state index is -0.557. The van der Waals surface area contributed by atoms with Crippen LogP contribution < -0.4 is 26.2 Å². The van der Waals surface area contributed by atoms with Crippen molar-refractivity contribution in [1.82, 2.24) is 14.1 Å². The largest absolute Gasteiger partial charge is 0.456 e.